The Hall–Kier alpha value is -1.26. The summed E-state index contributed by atoms with van der Waals surface area (Å²) in [5.41, 5.74) is 1.60. The number of hydrogen-bond donors (Lipinski definition) is 2. The van der Waals surface area contributed by atoms with E-state index in [1.165, 1.54) is 0 Å². The standard InChI is InChI=1S/C14H20ClN3O/c1-18(2)13-10(15)6-5-8-11(13)17-14(19)12-7-3-4-9-16-12/h5-6,8,12,16H,3-4,7,9H2,1-2H3,(H,17,19)/t12-/m0/s1. The van der Waals surface area contributed by atoms with Crippen LogP contribution in [0.15, 0.2) is 18.2 Å². The van der Waals surface area contributed by atoms with Gasteiger partial charge in [-0.3, -0.25) is 4.79 Å². The van der Waals surface area contributed by atoms with Crippen molar-refractivity contribution in [2.24, 2.45) is 0 Å². The fourth-order valence-corrected chi connectivity index (χ4v) is 2.71. The van der Waals surface area contributed by atoms with Gasteiger partial charge in [-0.15, -0.1) is 0 Å². The average Bonchev–Trinajstić information content (AvgIpc) is 2.39. The number of carbonyl (C=O) groups excluding carboxylic acids is 1. The Balaban J connectivity index is 2.14. The van der Waals surface area contributed by atoms with Crippen molar-refractivity contribution < 1.29 is 4.79 Å². The lowest BCUT2D eigenvalue weighted by Crippen LogP contribution is -2.43. The molecule has 1 heterocycles. The number of anilines is 2. The number of nitrogens with one attached hydrogen (secondary N) is 2. The Bertz CT molecular complexity index is 456. The highest BCUT2D eigenvalue weighted by Gasteiger charge is 2.21. The lowest BCUT2D eigenvalue weighted by molar-refractivity contribution is -0.118. The summed E-state index contributed by atoms with van der Waals surface area (Å²) in [6, 6.07) is 5.45. The van der Waals surface area contributed by atoms with E-state index >= 15 is 0 Å². The molecule has 0 spiro atoms. The zero-order valence-corrected chi connectivity index (χ0v) is 12.1. The van der Waals surface area contributed by atoms with E-state index in [4.69, 9.17) is 11.6 Å². The molecule has 104 valence electrons. The summed E-state index contributed by atoms with van der Waals surface area (Å²) in [5.74, 6) is 0.0186. The highest BCUT2D eigenvalue weighted by Crippen LogP contribution is 2.32. The zero-order valence-electron chi connectivity index (χ0n) is 11.4. The molecule has 0 aliphatic carbocycles. The predicted molar refractivity (Wildman–Crippen MR) is 80.1 cm³/mol. The highest BCUT2D eigenvalue weighted by molar-refractivity contribution is 6.34. The predicted octanol–water partition coefficient (Wildman–Crippen LogP) is 2.49. The molecule has 4 nitrogen and oxygen atoms in total. The van der Waals surface area contributed by atoms with Crippen LogP contribution < -0.4 is 15.5 Å². The first-order chi connectivity index (χ1) is 9.09. The zero-order chi connectivity index (χ0) is 13.8. The third kappa shape index (κ3) is 3.39. The fraction of sp³-hybridized carbons (Fsp3) is 0.500. The summed E-state index contributed by atoms with van der Waals surface area (Å²) in [6.07, 6.45) is 3.13. The molecule has 2 rings (SSSR count). The van der Waals surface area contributed by atoms with Gasteiger partial charge in [0.1, 0.15) is 0 Å². The molecule has 1 aliphatic rings. The van der Waals surface area contributed by atoms with E-state index in [-0.39, 0.29) is 11.9 Å². The largest absolute Gasteiger partial charge is 0.375 e. The number of carbonyl (C=O) groups is 1. The maximum absolute atomic E-state index is 12.2. The topological polar surface area (TPSA) is 44.4 Å². The lowest BCUT2D eigenvalue weighted by atomic mass is 10.0. The van der Waals surface area contributed by atoms with E-state index in [1.807, 2.05) is 37.2 Å². The summed E-state index contributed by atoms with van der Waals surface area (Å²) in [5, 5.41) is 6.86. The molecule has 2 N–H and O–H groups in total. The molecular formula is C14H20ClN3O. The molecule has 1 fully saturated rings. The molecule has 5 heteroatoms. The van der Waals surface area contributed by atoms with Crippen molar-refractivity contribution in [1.82, 2.24) is 5.32 Å². The van der Waals surface area contributed by atoms with E-state index in [9.17, 15) is 4.79 Å². The third-order valence-corrected chi connectivity index (χ3v) is 3.62. The minimum absolute atomic E-state index is 0.0186. The van der Waals surface area contributed by atoms with E-state index < -0.39 is 0 Å². The molecule has 1 saturated heterocycles. The van der Waals surface area contributed by atoms with Crippen molar-refractivity contribution in [2.75, 3.05) is 30.9 Å². The van der Waals surface area contributed by atoms with Gasteiger partial charge in [0.2, 0.25) is 5.91 Å². The van der Waals surface area contributed by atoms with E-state index in [1.54, 1.807) is 0 Å². The number of piperidine rings is 1. The number of halogens is 1. The molecule has 1 aromatic carbocycles. The number of rotatable bonds is 3. The molecule has 0 unspecified atom stereocenters. The maximum atomic E-state index is 12.2. The van der Waals surface area contributed by atoms with E-state index in [0.29, 0.717) is 5.02 Å². The van der Waals surface area contributed by atoms with Crippen molar-refractivity contribution in [1.29, 1.82) is 0 Å². The summed E-state index contributed by atoms with van der Waals surface area (Å²) in [6.45, 7) is 0.911. The quantitative estimate of drug-likeness (QED) is 0.895. The second kappa shape index (κ2) is 6.26. The van der Waals surface area contributed by atoms with Crippen LogP contribution in [-0.4, -0.2) is 32.6 Å². The lowest BCUT2D eigenvalue weighted by Gasteiger charge is -2.24. The minimum Gasteiger partial charge on any atom is -0.375 e. The number of para-hydroxylation sites is 1. The van der Waals surface area contributed by atoms with Gasteiger partial charge in [-0.1, -0.05) is 24.1 Å². The third-order valence-electron chi connectivity index (χ3n) is 3.32. The number of amides is 1. The minimum atomic E-state index is -0.0947. The average molecular weight is 282 g/mol. The first kappa shape index (κ1) is 14.2. The van der Waals surface area contributed by atoms with E-state index in [0.717, 1.165) is 37.2 Å². The Morgan fingerprint density at radius 2 is 2.21 bits per heavy atom. The first-order valence-electron chi connectivity index (χ1n) is 6.59. The van der Waals surface area contributed by atoms with Gasteiger partial charge >= 0.3 is 0 Å². The van der Waals surface area contributed by atoms with Gasteiger partial charge in [-0.05, 0) is 31.5 Å². The summed E-state index contributed by atoms with van der Waals surface area (Å²) >= 11 is 6.19. The van der Waals surface area contributed by atoms with Gasteiger partial charge in [-0.2, -0.15) is 0 Å². The molecule has 1 aromatic rings. The summed E-state index contributed by atoms with van der Waals surface area (Å²) in [7, 11) is 3.82. The normalized spacial score (nSPS) is 19.0. The Morgan fingerprint density at radius 3 is 2.84 bits per heavy atom. The first-order valence-corrected chi connectivity index (χ1v) is 6.97. The highest BCUT2D eigenvalue weighted by atomic mass is 35.5. The van der Waals surface area contributed by atoms with Gasteiger partial charge < -0.3 is 15.5 Å². The van der Waals surface area contributed by atoms with Crippen LogP contribution in [0.2, 0.25) is 5.02 Å². The van der Waals surface area contributed by atoms with Crippen LogP contribution in [0.3, 0.4) is 0 Å². The van der Waals surface area contributed by atoms with Gasteiger partial charge in [0.05, 0.1) is 22.4 Å². The van der Waals surface area contributed by atoms with Gasteiger partial charge in [0.15, 0.2) is 0 Å². The van der Waals surface area contributed by atoms with Gasteiger partial charge in [0.25, 0.3) is 0 Å². The van der Waals surface area contributed by atoms with Crippen LogP contribution in [0.1, 0.15) is 19.3 Å². The van der Waals surface area contributed by atoms with Crippen LogP contribution in [0.4, 0.5) is 11.4 Å². The number of benzene rings is 1. The Kier molecular flexibility index (Phi) is 4.66. The van der Waals surface area contributed by atoms with Crippen LogP contribution in [0, 0.1) is 0 Å². The van der Waals surface area contributed by atoms with Crippen molar-refractivity contribution in [3.8, 4) is 0 Å². The molecule has 0 aromatic heterocycles. The Morgan fingerprint density at radius 1 is 1.42 bits per heavy atom. The van der Waals surface area contributed by atoms with Crippen LogP contribution in [0.25, 0.3) is 0 Å². The number of hydrogen-bond acceptors (Lipinski definition) is 3. The second-order valence-electron chi connectivity index (χ2n) is 5.02. The molecule has 1 aliphatic heterocycles. The molecule has 0 saturated carbocycles. The van der Waals surface area contributed by atoms with Crippen molar-refractivity contribution in [3.63, 3.8) is 0 Å². The van der Waals surface area contributed by atoms with Crippen molar-refractivity contribution >= 4 is 28.9 Å². The molecule has 0 radical (unpaired) electrons. The maximum Gasteiger partial charge on any atom is 0.241 e. The van der Waals surface area contributed by atoms with Crippen LogP contribution >= 0.6 is 11.6 Å². The summed E-state index contributed by atoms with van der Waals surface area (Å²) < 4.78 is 0. The molecule has 1 atom stereocenters. The van der Waals surface area contributed by atoms with Gasteiger partial charge in [0, 0.05) is 14.1 Å². The van der Waals surface area contributed by atoms with E-state index in [2.05, 4.69) is 10.6 Å². The van der Waals surface area contributed by atoms with Crippen molar-refractivity contribution in [3.05, 3.63) is 23.2 Å². The van der Waals surface area contributed by atoms with Crippen LogP contribution in [0.5, 0.6) is 0 Å². The molecule has 0 bridgehead atoms. The SMILES string of the molecule is CN(C)c1c(Cl)cccc1NC(=O)[C@@H]1CCCCN1. The molecular weight excluding hydrogens is 262 g/mol. The van der Waals surface area contributed by atoms with Gasteiger partial charge in [-0.25, -0.2) is 0 Å². The Labute approximate surface area is 119 Å². The summed E-state index contributed by atoms with van der Waals surface area (Å²) in [4.78, 5) is 14.1. The molecule has 1 amide bonds. The second-order valence-corrected chi connectivity index (χ2v) is 5.43. The molecule has 19 heavy (non-hydrogen) atoms. The smallest absolute Gasteiger partial charge is 0.241 e. The fourth-order valence-electron chi connectivity index (χ4n) is 2.37. The number of nitrogens with zero attached hydrogens (tertiary/aromatic N) is 1. The van der Waals surface area contributed by atoms with Crippen molar-refractivity contribution in [2.45, 2.75) is 25.3 Å². The van der Waals surface area contributed by atoms with Crippen LogP contribution in [-0.2, 0) is 4.79 Å². The monoisotopic (exact) mass is 281 g/mol.